The minimum absolute atomic E-state index is 0.0721. The Balaban J connectivity index is 1.93. The monoisotopic (exact) mass is 292 g/mol. The molecule has 2 heterocycles. The number of aromatic nitrogens is 2. The van der Waals surface area contributed by atoms with Crippen LogP contribution in [0.15, 0.2) is 30.6 Å². The quantitative estimate of drug-likeness (QED) is 0.495. The number of fused-ring (bicyclic) bond motifs is 1. The second-order valence-corrected chi connectivity index (χ2v) is 4.93. The highest BCUT2D eigenvalue weighted by molar-refractivity contribution is 6.17. The van der Waals surface area contributed by atoms with Crippen LogP contribution >= 0.6 is 11.6 Å². The summed E-state index contributed by atoms with van der Waals surface area (Å²) in [6, 6.07) is 4.84. The Morgan fingerprint density at radius 1 is 1.40 bits per heavy atom. The van der Waals surface area contributed by atoms with Crippen molar-refractivity contribution in [3.8, 4) is 0 Å². The van der Waals surface area contributed by atoms with Crippen LogP contribution in [-0.2, 0) is 19.0 Å². The van der Waals surface area contributed by atoms with Crippen molar-refractivity contribution in [2.75, 3.05) is 11.4 Å². The molecule has 2 aromatic rings. The summed E-state index contributed by atoms with van der Waals surface area (Å²) in [5.74, 6) is 1.25. The van der Waals surface area contributed by atoms with Gasteiger partial charge in [0.2, 0.25) is 0 Å². The van der Waals surface area contributed by atoms with Crippen molar-refractivity contribution >= 4 is 23.0 Å². The maximum absolute atomic E-state index is 10.8. The molecule has 3 rings (SSSR count). The van der Waals surface area contributed by atoms with Crippen molar-refractivity contribution in [2.24, 2.45) is 0 Å². The van der Waals surface area contributed by atoms with E-state index in [1.807, 2.05) is 6.20 Å². The van der Waals surface area contributed by atoms with Crippen LogP contribution in [0.2, 0.25) is 0 Å². The molecular formula is C13H13ClN4O2. The van der Waals surface area contributed by atoms with Crippen molar-refractivity contribution in [3.05, 3.63) is 52.1 Å². The zero-order chi connectivity index (χ0) is 14.1. The zero-order valence-electron chi connectivity index (χ0n) is 10.7. The van der Waals surface area contributed by atoms with E-state index in [-0.39, 0.29) is 11.6 Å². The molecule has 0 atom stereocenters. The summed E-state index contributed by atoms with van der Waals surface area (Å²) in [7, 11) is 0. The predicted molar refractivity (Wildman–Crippen MR) is 75.9 cm³/mol. The molecule has 0 saturated heterocycles. The third-order valence-corrected chi connectivity index (χ3v) is 3.79. The number of hydrogen-bond acceptors (Lipinski definition) is 4. The fourth-order valence-corrected chi connectivity index (χ4v) is 2.69. The Labute approximate surface area is 120 Å². The van der Waals surface area contributed by atoms with E-state index in [0.29, 0.717) is 6.54 Å². The minimum atomic E-state index is -0.400. The highest BCUT2D eigenvalue weighted by Crippen LogP contribution is 2.29. The summed E-state index contributed by atoms with van der Waals surface area (Å²) in [5.41, 5.74) is 1.80. The largest absolute Gasteiger partial charge is 0.362 e. The molecular weight excluding hydrogens is 280 g/mol. The highest BCUT2D eigenvalue weighted by atomic mass is 35.5. The van der Waals surface area contributed by atoms with Crippen LogP contribution in [0.5, 0.6) is 0 Å². The molecule has 6 nitrogen and oxygen atoms in total. The van der Waals surface area contributed by atoms with Crippen molar-refractivity contribution in [1.29, 1.82) is 0 Å². The van der Waals surface area contributed by atoms with Crippen molar-refractivity contribution in [3.63, 3.8) is 0 Å². The number of nitrogens with zero attached hydrogens (tertiary/aromatic N) is 4. The van der Waals surface area contributed by atoms with Crippen molar-refractivity contribution in [2.45, 2.75) is 19.0 Å². The van der Waals surface area contributed by atoms with Gasteiger partial charge in [0.1, 0.15) is 5.82 Å². The van der Waals surface area contributed by atoms with E-state index in [9.17, 15) is 10.1 Å². The van der Waals surface area contributed by atoms with Crippen LogP contribution in [-0.4, -0.2) is 21.0 Å². The topological polar surface area (TPSA) is 64.2 Å². The molecule has 7 heteroatoms. The fourth-order valence-electron chi connectivity index (χ4n) is 2.48. The summed E-state index contributed by atoms with van der Waals surface area (Å²) >= 11 is 5.94. The summed E-state index contributed by atoms with van der Waals surface area (Å²) in [6.45, 7) is 2.38. The van der Waals surface area contributed by atoms with E-state index in [1.54, 1.807) is 18.3 Å². The van der Waals surface area contributed by atoms with Gasteiger partial charge in [-0.05, 0) is 11.6 Å². The average molecular weight is 293 g/mol. The molecule has 0 bridgehead atoms. The number of nitro benzene ring substituents is 1. The Hall–Kier alpha value is -2.08. The van der Waals surface area contributed by atoms with E-state index in [4.69, 9.17) is 11.6 Å². The maximum Gasteiger partial charge on any atom is 0.269 e. The third kappa shape index (κ3) is 2.22. The maximum atomic E-state index is 10.8. The molecule has 0 spiro atoms. The van der Waals surface area contributed by atoms with Crippen LogP contribution < -0.4 is 4.90 Å². The van der Waals surface area contributed by atoms with E-state index in [2.05, 4.69) is 14.5 Å². The molecule has 0 unspecified atom stereocenters. The van der Waals surface area contributed by atoms with Crippen LogP contribution in [0.25, 0.3) is 0 Å². The summed E-state index contributed by atoms with van der Waals surface area (Å²) in [6.07, 6.45) is 3.75. The van der Waals surface area contributed by atoms with E-state index < -0.39 is 4.92 Å². The molecule has 0 N–H and O–H groups in total. The molecule has 0 radical (unpaired) electrons. The molecule has 0 amide bonds. The predicted octanol–water partition coefficient (Wildman–Crippen LogP) is 2.55. The first kappa shape index (κ1) is 12.9. The van der Waals surface area contributed by atoms with Crippen LogP contribution in [0.4, 0.5) is 11.4 Å². The number of alkyl halides is 1. The average Bonchev–Trinajstić information content (AvgIpc) is 2.93. The SMILES string of the molecule is O=[N+]([O-])c1ccc(N2CCn3ccnc3C2)c(CCl)c1. The lowest BCUT2D eigenvalue weighted by molar-refractivity contribution is -0.384. The fraction of sp³-hybridized carbons (Fsp3) is 0.308. The standard InChI is InChI=1S/C13H13ClN4O2/c14-8-10-7-11(18(19)20)1-2-12(10)17-6-5-16-4-3-15-13(16)9-17/h1-4,7H,5-6,8-9H2. The third-order valence-electron chi connectivity index (χ3n) is 3.50. The van der Waals surface area contributed by atoms with Gasteiger partial charge in [-0.2, -0.15) is 0 Å². The Kier molecular flexibility index (Phi) is 3.31. The van der Waals surface area contributed by atoms with Crippen LogP contribution in [0.3, 0.4) is 0 Å². The first-order valence-corrected chi connectivity index (χ1v) is 6.80. The molecule has 0 fully saturated rings. The van der Waals surface area contributed by atoms with Crippen LogP contribution in [0, 0.1) is 10.1 Å². The van der Waals surface area contributed by atoms with Gasteiger partial charge in [-0.25, -0.2) is 4.98 Å². The number of benzene rings is 1. The normalized spacial score (nSPS) is 14.2. The summed E-state index contributed by atoms with van der Waals surface area (Å²) in [5, 5.41) is 10.8. The molecule has 1 aliphatic rings. The van der Waals surface area contributed by atoms with Gasteiger partial charge in [0, 0.05) is 49.2 Å². The van der Waals surface area contributed by atoms with Gasteiger partial charge in [-0.3, -0.25) is 10.1 Å². The molecule has 1 aromatic heterocycles. The molecule has 1 aromatic carbocycles. The lowest BCUT2D eigenvalue weighted by atomic mass is 10.1. The lowest BCUT2D eigenvalue weighted by Crippen LogP contribution is -2.34. The number of rotatable bonds is 3. The van der Waals surface area contributed by atoms with E-state index in [0.717, 1.165) is 30.2 Å². The second kappa shape index (κ2) is 5.13. The molecule has 0 aliphatic carbocycles. The van der Waals surface area contributed by atoms with E-state index >= 15 is 0 Å². The summed E-state index contributed by atoms with van der Waals surface area (Å²) in [4.78, 5) is 16.9. The zero-order valence-corrected chi connectivity index (χ0v) is 11.5. The molecule has 104 valence electrons. The number of hydrogen-bond donors (Lipinski definition) is 0. The summed E-state index contributed by atoms with van der Waals surface area (Å²) < 4.78 is 2.11. The van der Waals surface area contributed by atoms with Gasteiger partial charge >= 0.3 is 0 Å². The number of nitro groups is 1. The molecule has 20 heavy (non-hydrogen) atoms. The lowest BCUT2D eigenvalue weighted by Gasteiger charge is -2.30. The first-order valence-electron chi connectivity index (χ1n) is 6.27. The Morgan fingerprint density at radius 2 is 2.25 bits per heavy atom. The van der Waals surface area contributed by atoms with Crippen molar-refractivity contribution < 1.29 is 4.92 Å². The Bertz CT molecular complexity index is 656. The molecule has 0 saturated carbocycles. The van der Waals surface area contributed by atoms with Crippen molar-refractivity contribution in [1.82, 2.24) is 9.55 Å². The van der Waals surface area contributed by atoms with Gasteiger partial charge < -0.3 is 9.47 Å². The van der Waals surface area contributed by atoms with Gasteiger partial charge in [-0.1, -0.05) is 0 Å². The van der Waals surface area contributed by atoms with Gasteiger partial charge in [0.05, 0.1) is 11.5 Å². The number of non-ortho nitro benzene ring substituents is 1. The number of halogens is 1. The minimum Gasteiger partial charge on any atom is -0.362 e. The van der Waals surface area contributed by atoms with Gasteiger partial charge in [0.15, 0.2) is 0 Å². The van der Waals surface area contributed by atoms with Gasteiger partial charge in [0.25, 0.3) is 5.69 Å². The van der Waals surface area contributed by atoms with E-state index in [1.165, 1.54) is 6.07 Å². The van der Waals surface area contributed by atoms with Gasteiger partial charge in [-0.15, -0.1) is 11.6 Å². The number of imidazole rings is 1. The smallest absolute Gasteiger partial charge is 0.269 e. The first-order chi connectivity index (χ1) is 9.69. The second-order valence-electron chi connectivity index (χ2n) is 4.66. The number of anilines is 1. The van der Waals surface area contributed by atoms with Crippen LogP contribution in [0.1, 0.15) is 11.4 Å². The Morgan fingerprint density at radius 3 is 3.00 bits per heavy atom. The highest BCUT2D eigenvalue weighted by Gasteiger charge is 2.20. The molecule has 1 aliphatic heterocycles.